The van der Waals surface area contributed by atoms with Gasteiger partial charge >= 0.3 is 11.7 Å². The van der Waals surface area contributed by atoms with Crippen LogP contribution in [0.2, 0.25) is 0 Å². The van der Waals surface area contributed by atoms with Crippen molar-refractivity contribution in [2.75, 3.05) is 18.4 Å². The Morgan fingerprint density at radius 2 is 1.83 bits per heavy atom. The maximum atomic E-state index is 12.6. The highest BCUT2D eigenvalue weighted by atomic mass is 16.2. The van der Waals surface area contributed by atoms with E-state index in [0.717, 1.165) is 31.4 Å². The molecule has 162 valence electrons. The van der Waals surface area contributed by atoms with Crippen LogP contribution in [0.4, 0.5) is 10.5 Å². The number of piperidine rings is 1. The summed E-state index contributed by atoms with van der Waals surface area (Å²) in [6.07, 6.45) is 4.82. The smallest absolute Gasteiger partial charge is 0.330 e. The van der Waals surface area contributed by atoms with E-state index in [1.54, 1.807) is 18.3 Å². The third-order valence-corrected chi connectivity index (χ3v) is 5.83. The van der Waals surface area contributed by atoms with Gasteiger partial charge in [-0.25, -0.2) is 9.59 Å². The number of anilines is 1. The number of hydrogen-bond donors (Lipinski definition) is 3. The zero-order chi connectivity index (χ0) is 21.7. The molecular formula is C22H31N5O3. The van der Waals surface area contributed by atoms with Crippen molar-refractivity contribution in [3.63, 3.8) is 0 Å². The number of imidazole rings is 1. The number of H-pyrrole nitrogens is 1. The monoisotopic (exact) mass is 413 g/mol. The van der Waals surface area contributed by atoms with Gasteiger partial charge in [0.05, 0.1) is 11.4 Å². The average Bonchev–Trinajstić information content (AvgIpc) is 3.08. The number of rotatable bonds is 6. The number of carbonyl (C=O) groups excluding carboxylic acids is 2. The van der Waals surface area contributed by atoms with Gasteiger partial charge in [-0.3, -0.25) is 9.36 Å². The predicted octanol–water partition coefficient (Wildman–Crippen LogP) is 3.02. The molecule has 0 saturated carbocycles. The average molecular weight is 414 g/mol. The summed E-state index contributed by atoms with van der Waals surface area (Å²) in [4.78, 5) is 41.8. The van der Waals surface area contributed by atoms with E-state index in [0.29, 0.717) is 24.5 Å². The number of para-hydroxylation sites is 2. The lowest BCUT2D eigenvalue weighted by Crippen LogP contribution is -2.48. The van der Waals surface area contributed by atoms with E-state index in [9.17, 15) is 14.4 Å². The molecule has 0 radical (unpaired) electrons. The van der Waals surface area contributed by atoms with Gasteiger partial charge in [-0.05, 0) is 44.7 Å². The van der Waals surface area contributed by atoms with Gasteiger partial charge in [0.2, 0.25) is 5.91 Å². The highest BCUT2D eigenvalue weighted by Crippen LogP contribution is 2.21. The van der Waals surface area contributed by atoms with Gasteiger partial charge in [0, 0.05) is 36.9 Å². The number of nitrogens with one attached hydrogen (secondary N) is 3. The van der Waals surface area contributed by atoms with Gasteiger partial charge < -0.3 is 20.5 Å². The number of hydrogen-bond acceptors (Lipinski definition) is 3. The standard InChI is InChI=1S/C22H31N5O3/c1-4-16(5-2)20(28)26-12-10-17(11-13-26)24-21(29)25-18-8-6-7-9-19(18)27-15(3)14-23-22(27)30/h6-9,14,16-17H,4-5,10-13H2,1-3H3,(H,23,30)(H2,24,25,29). The Kier molecular flexibility index (Phi) is 6.97. The van der Waals surface area contributed by atoms with Crippen LogP contribution in [0.15, 0.2) is 35.3 Å². The first-order valence-corrected chi connectivity index (χ1v) is 10.7. The van der Waals surface area contributed by atoms with Crippen LogP contribution in [-0.4, -0.2) is 45.5 Å². The van der Waals surface area contributed by atoms with Crippen molar-refractivity contribution >= 4 is 17.6 Å². The fourth-order valence-electron chi connectivity index (χ4n) is 4.01. The molecule has 0 bridgehead atoms. The first-order chi connectivity index (χ1) is 14.4. The van der Waals surface area contributed by atoms with Gasteiger partial charge in [0.25, 0.3) is 0 Å². The number of amides is 3. The summed E-state index contributed by atoms with van der Waals surface area (Å²) < 4.78 is 1.53. The van der Waals surface area contributed by atoms with Crippen molar-refractivity contribution in [3.8, 4) is 5.69 Å². The highest BCUT2D eigenvalue weighted by molar-refractivity contribution is 5.91. The second-order valence-electron chi connectivity index (χ2n) is 7.80. The Bertz CT molecular complexity index is 936. The SMILES string of the molecule is CCC(CC)C(=O)N1CCC(NC(=O)Nc2ccccc2-n2c(C)c[nH]c2=O)CC1. The third kappa shape index (κ3) is 4.75. The number of aromatic amines is 1. The topological polar surface area (TPSA) is 99.2 Å². The maximum absolute atomic E-state index is 12.6. The van der Waals surface area contributed by atoms with Crippen molar-refractivity contribution in [1.29, 1.82) is 0 Å². The second-order valence-corrected chi connectivity index (χ2v) is 7.80. The molecule has 0 spiro atoms. The van der Waals surface area contributed by atoms with Gasteiger partial charge in [-0.15, -0.1) is 0 Å². The minimum Gasteiger partial charge on any atom is -0.342 e. The lowest BCUT2D eigenvalue weighted by molar-refractivity contribution is -0.136. The number of urea groups is 1. The molecule has 1 aliphatic rings. The molecule has 1 aliphatic heterocycles. The highest BCUT2D eigenvalue weighted by Gasteiger charge is 2.27. The molecule has 1 aromatic carbocycles. The lowest BCUT2D eigenvalue weighted by Gasteiger charge is -2.34. The van der Waals surface area contributed by atoms with Gasteiger partial charge in [0.1, 0.15) is 0 Å². The molecule has 2 heterocycles. The number of aryl methyl sites for hydroxylation is 1. The quantitative estimate of drug-likeness (QED) is 0.679. The number of nitrogens with zero attached hydrogens (tertiary/aromatic N) is 2. The fourth-order valence-corrected chi connectivity index (χ4v) is 4.01. The molecule has 0 unspecified atom stereocenters. The first-order valence-electron chi connectivity index (χ1n) is 10.7. The van der Waals surface area contributed by atoms with Crippen LogP contribution >= 0.6 is 0 Å². The second kappa shape index (κ2) is 9.65. The zero-order valence-corrected chi connectivity index (χ0v) is 17.9. The van der Waals surface area contributed by atoms with Crippen molar-refractivity contribution in [1.82, 2.24) is 19.8 Å². The van der Waals surface area contributed by atoms with E-state index in [1.807, 2.05) is 37.8 Å². The Hall–Kier alpha value is -3.03. The minimum absolute atomic E-state index is 0.0135. The summed E-state index contributed by atoms with van der Waals surface area (Å²) in [5, 5.41) is 5.87. The molecule has 3 amide bonds. The van der Waals surface area contributed by atoms with E-state index < -0.39 is 0 Å². The van der Waals surface area contributed by atoms with Crippen LogP contribution in [0.3, 0.4) is 0 Å². The molecule has 1 saturated heterocycles. The Morgan fingerprint density at radius 1 is 1.17 bits per heavy atom. The Labute approximate surface area is 176 Å². The van der Waals surface area contributed by atoms with Crippen molar-refractivity contribution < 1.29 is 9.59 Å². The van der Waals surface area contributed by atoms with Crippen LogP contribution in [0.5, 0.6) is 0 Å². The van der Waals surface area contributed by atoms with E-state index in [2.05, 4.69) is 15.6 Å². The summed E-state index contributed by atoms with van der Waals surface area (Å²) in [5.41, 5.74) is 1.67. The minimum atomic E-state index is -0.312. The summed E-state index contributed by atoms with van der Waals surface area (Å²) in [6.45, 7) is 7.24. The molecule has 2 aromatic rings. The van der Waals surface area contributed by atoms with Crippen LogP contribution < -0.4 is 16.3 Å². The maximum Gasteiger partial charge on any atom is 0.330 e. The van der Waals surface area contributed by atoms with Crippen molar-refractivity contribution in [3.05, 3.63) is 46.6 Å². The van der Waals surface area contributed by atoms with E-state index in [4.69, 9.17) is 0 Å². The van der Waals surface area contributed by atoms with Crippen molar-refractivity contribution in [2.24, 2.45) is 5.92 Å². The Morgan fingerprint density at radius 3 is 2.43 bits per heavy atom. The molecule has 3 rings (SSSR count). The van der Waals surface area contributed by atoms with Crippen LogP contribution in [0, 0.1) is 12.8 Å². The van der Waals surface area contributed by atoms with E-state index in [-0.39, 0.29) is 29.6 Å². The molecule has 3 N–H and O–H groups in total. The Balaban J connectivity index is 1.59. The molecule has 8 heteroatoms. The van der Waals surface area contributed by atoms with Crippen LogP contribution in [0.25, 0.3) is 5.69 Å². The molecule has 1 fully saturated rings. The molecule has 0 atom stereocenters. The summed E-state index contributed by atoms with van der Waals surface area (Å²) in [7, 11) is 0. The molecule has 1 aromatic heterocycles. The normalized spacial score (nSPS) is 14.7. The van der Waals surface area contributed by atoms with Crippen LogP contribution in [0.1, 0.15) is 45.2 Å². The fraction of sp³-hybridized carbons (Fsp3) is 0.500. The van der Waals surface area contributed by atoms with Gasteiger partial charge in [-0.2, -0.15) is 0 Å². The largest absolute Gasteiger partial charge is 0.342 e. The predicted molar refractivity (Wildman–Crippen MR) is 117 cm³/mol. The van der Waals surface area contributed by atoms with Crippen LogP contribution in [-0.2, 0) is 4.79 Å². The van der Waals surface area contributed by atoms with Gasteiger partial charge in [-0.1, -0.05) is 26.0 Å². The summed E-state index contributed by atoms with van der Waals surface area (Å²) in [5.74, 6) is 0.318. The number of likely N-dealkylation sites (tertiary alicyclic amines) is 1. The number of aromatic nitrogens is 2. The lowest BCUT2D eigenvalue weighted by atomic mass is 9.98. The summed E-state index contributed by atoms with van der Waals surface area (Å²) >= 11 is 0. The molecular weight excluding hydrogens is 382 g/mol. The van der Waals surface area contributed by atoms with Gasteiger partial charge in [0.15, 0.2) is 0 Å². The summed E-state index contributed by atoms with van der Waals surface area (Å²) in [6, 6.07) is 6.90. The first kappa shape index (κ1) is 21.7. The zero-order valence-electron chi connectivity index (χ0n) is 17.9. The van der Waals surface area contributed by atoms with E-state index >= 15 is 0 Å². The van der Waals surface area contributed by atoms with E-state index in [1.165, 1.54) is 4.57 Å². The third-order valence-electron chi connectivity index (χ3n) is 5.83. The molecule has 30 heavy (non-hydrogen) atoms. The number of carbonyl (C=O) groups is 2. The number of benzene rings is 1. The van der Waals surface area contributed by atoms with Crippen molar-refractivity contribution in [2.45, 2.75) is 52.5 Å². The molecule has 8 nitrogen and oxygen atoms in total. The molecule has 0 aliphatic carbocycles.